The number of benzene rings is 1. The highest BCUT2D eigenvalue weighted by molar-refractivity contribution is 5.30. The fraction of sp³-hybridized carbons (Fsp3) is 0.500. The fourth-order valence-corrected chi connectivity index (χ4v) is 4.20. The van der Waals surface area contributed by atoms with E-state index < -0.39 is 0 Å². The van der Waals surface area contributed by atoms with Gasteiger partial charge < -0.3 is 5.32 Å². The van der Waals surface area contributed by atoms with Gasteiger partial charge in [0.15, 0.2) is 0 Å². The van der Waals surface area contributed by atoms with Crippen molar-refractivity contribution in [2.75, 3.05) is 6.54 Å². The van der Waals surface area contributed by atoms with Gasteiger partial charge in [-0.25, -0.2) is 4.68 Å². The lowest BCUT2D eigenvalue weighted by Gasteiger charge is -2.21. The molecule has 2 aromatic rings. The van der Waals surface area contributed by atoms with Crippen LogP contribution in [-0.2, 0) is 6.54 Å². The van der Waals surface area contributed by atoms with E-state index in [0.29, 0.717) is 0 Å². The van der Waals surface area contributed by atoms with Gasteiger partial charge in [-0.3, -0.25) is 0 Å². The topological polar surface area (TPSA) is 29.9 Å². The number of hydrogen-bond acceptors (Lipinski definition) is 2. The number of rotatable bonds is 5. The quantitative estimate of drug-likeness (QED) is 0.910. The van der Waals surface area contributed by atoms with Crippen LogP contribution in [0, 0.1) is 17.8 Å². The molecule has 1 heterocycles. The van der Waals surface area contributed by atoms with E-state index in [9.17, 15) is 0 Å². The maximum atomic E-state index is 4.45. The molecule has 3 heteroatoms. The second-order valence-corrected chi connectivity index (χ2v) is 6.69. The predicted molar refractivity (Wildman–Crippen MR) is 84.2 cm³/mol. The highest BCUT2D eigenvalue weighted by Crippen LogP contribution is 2.47. The first-order valence-electron chi connectivity index (χ1n) is 8.18. The van der Waals surface area contributed by atoms with Crippen LogP contribution in [0.3, 0.4) is 0 Å². The largest absolute Gasteiger partial charge is 0.312 e. The summed E-state index contributed by atoms with van der Waals surface area (Å²) in [5.74, 6) is 2.98. The molecular formula is C18H23N3. The zero-order valence-corrected chi connectivity index (χ0v) is 12.4. The Hall–Kier alpha value is -1.61. The molecule has 110 valence electrons. The van der Waals surface area contributed by atoms with Gasteiger partial charge in [0.2, 0.25) is 0 Å². The van der Waals surface area contributed by atoms with Crippen molar-refractivity contribution in [1.82, 2.24) is 15.1 Å². The SMILES string of the molecule is c1ccc(-n2cc(CNCC3CC4CCC3C4)cn2)cc1. The molecule has 3 unspecified atom stereocenters. The third-order valence-corrected chi connectivity index (χ3v) is 5.28. The third-order valence-electron chi connectivity index (χ3n) is 5.28. The Balaban J connectivity index is 1.31. The maximum Gasteiger partial charge on any atom is 0.0645 e. The van der Waals surface area contributed by atoms with Crippen LogP contribution in [0.15, 0.2) is 42.7 Å². The van der Waals surface area contributed by atoms with Crippen LogP contribution in [0.4, 0.5) is 0 Å². The van der Waals surface area contributed by atoms with Crippen molar-refractivity contribution < 1.29 is 0 Å². The minimum Gasteiger partial charge on any atom is -0.312 e. The number of nitrogens with one attached hydrogen (secondary N) is 1. The molecule has 1 aromatic heterocycles. The lowest BCUT2D eigenvalue weighted by Crippen LogP contribution is -2.26. The van der Waals surface area contributed by atoms with E-state index in [0.717, 1.165) is 30.0 Å². The molecule has 0 radical (unpaired) electrons. The van der Waals surface area contributed by atoms with Crippen molar-refractivity contribution in [2.24, 2.45) is 17.8 Å². The van der Waals surface area contributed by atoms with E-state index >= 15 is 0 Å². The first kappa shape index (κ1) is 13.1. The van der Waals surface area contributed by atoms with Crippen molar-refractivity contribution >= 4 is 0 Å². The Morgan fingerprint density at radius 1 is 1.14 bits per heavy atom. The van der Waals surface area contributed by atoms with Gasteiger partial charge in [0.1, 0.15) is 0 Å². The summed E-state index contributed by atoms with van der Waals surface area (Å²) in [5.41, 5.74) is 2.39. The third kappa shape index (κ3) is 2.75. The van der Waals surface area contributed by atoms with Gasteiger partial charge in [-0.2, -0.15) is 5.10 Å². The second-order valence-electron chi connectivity index (χ2n) is 6.69. The monoisotopic (exact) mass is 281 g/mol. The van der Waals surface area contributed by atoms with Crippen molar-refractivity contribution in [3.63, 3.8) is 0 Å². The zero-order valence-electron chi connectivity index (χ0n) is 12.4. The van der Waals surface area contributed by atoms with Gasteiger partial charge in [0, 0.05) is 18.3 Å². The molecule has 2 bridgehead atoms. The van der Waals surface area contributed by atoms with Crippen molar-refractivity contribution in [3.05, 3.63) is 48.3 Å². The highest BCUT2D eigenvalue weighted by atomic mass is 15.3. The Kier molecular flexibility index (Phi) is 3.52. The number of fused-ring (bicyclic) bond motifs is 2. The minimum absolute atomic E-state index is 0.924. The van der Waals surface area contributed by atoms with Crippen LogP contribution >= 0.6 is 0 Å². The van der Waals surface area contributed by atoms with E-state index in [1.54, 1.807) is 0 Å². The molecule has 0 spiro atoms. The van der Waals surface area contributed by atoms with Gasteiger partial charge >= 0.3 is 0 Å². The fourth-order valence-electron chi connectivity index (χ4n) is 4.20. The summed E-state index contributed by atoms with van der Waals surface area (Å²) in [4.78, 5) is 0. The summed E-state index contributed by atoms with van der Waals surface area (Å²) in [6, 6.07) is 10.3. The number of hydrogen-bond donors (Lipinski definition) is 1. The molecule has 0 amide bonds. The number of aromatic nitrogens is 2. The molecule has 0 aliphatic heterocycles. The first-order valence-corrected chi connectivity index (χ1v) is 8.18. The summed E-state index contributed by atoms with van der Waals surface area (Å²) >= 11 is 0. The van der Waals surface area contributed by atoms with Crippen molar-refractivity contribution in [1.29, 1.82) is 0 Å². The molecule has 2 fully saturated rings. The van der Waals surface area contributed by atoms with Crippen molar-refractivity contribution in [2.45, 2.75) is 32.2 Å². The summed E-state index contributed by atoms with van der Waals surface area (Å²) in [6.07, 6.45) is 10.0. The predicted octanol–water partition coefficient (Wildman–Crippen LogP) is 3.40. The van der Waals surface area contributed by atoms with Gasteiger partial charge in [0.05, 0.1) is 11.9 Å². The Morgan fingerprint density at radius 2 is 2.05 bits per heavy atom. The van der Waals surface area contributed by atoms with E-state index in [-0.39, 0.29) is 0 Å². The van der Waals surface area contributed by atoms with E-state index in [4.69, 9.17) is 0 Å². The van der Waals surface area contributed by atoms with Gasteiger partial charge in [0.25, 0.3) is 0 Å². The lowest BCUT2D eigenvalue weighted by molar-refractivity contribution is 0.318. The molecule has 0 saturated heterocycles. The van der Waals surface area contributed by atoms with Crippen LogP contribution in [0.25, 0.3) is 5.69 Å². The van der Waals surface area contributed by atoms with Crippen LogP contribution in [0.1, 0.15) is 31.2 Å². The summed E-state index contributed by atoms with van der Waals surface area (Å²) < 4.78 is 1.95. The number of para-hydroxylation sites is 1. The van der Waals surface area contributed by atoms with E-state index in [1.807, 2.05) is 29.1 Å². The van der Waals surface area contributed by atoms with Crippen molar-refractivity contribution in [3.8, 4) is 5.69 Å². The Labute approximate surface area is 126 Å². The molecule has 2 saturated carbocycles. The van der Waals surface area contributed by atoms with Gasteiger partial charge in [-0.1, -0.05) is 24.6 Å². The van der Waals surface area contributed by atoms with Crippen LogP contribution < -0.4 is 5.32 Å². The van der Waals surface area contributed by atoms with Crippen LogP contribution in [0.2, 0.25) is 0 Å². The summed E-state index contributed by atoms with van der Waals surface area (Å²) in [5, 5.41) is 8.09. The Bertz CT molecular complexity index is 590. The molecule has 2 aliphatic rings. The zero-order chi connectivity index (χ0) is 14.1. The van der Waals surface area contributed by atoms with Gasteiger partial charge in [-0.15, -0.1) is 0 Å². The normalized spacial score (nSPS) is 27.3. The van der Waals surface area contributed by atoms with E-state index in [2.05, 4.69) is 28.7 Å². The average Bonchev–Trinajstić information content (AvgIpc) is 3.24. The van der Waals surface area contributed by atoms with Crippen LogP contribution in [0.5, 0.6) is 0 Å². The maximum absolute atomic E-state index is 4.45. The molecule has 2 aliphatic carbocycles. The summed E-state index contributed by atoms with van der Waals surface area (Å²) in [7, 11) is 0. The first-order chi connectivity index (χ1) is 10.4. The molecule has 3 nitrogen and oxygen atoms in total. The minimum atomic E-state index is 0.924. The second kappa shape index (κ2) is 5.64. The molecule has 1 aromatic carbocycles. The van der Waals surface area contributed by atoms with Gasteiger partial charge in [-0.05, 0) is 55.7 Å². The highest BCUT2D eigenvalue weighted by Gasteiger charge is 2.38. The number of nitrogens with zero attached hydrogens (tertiary/aromatic N) is 2. The molecular weight excluding hydrogens is 258 g/mol. The molecule has 21 heavy (non-hydrogen) atoms. The lowest BCUT2D eigenvalue weighted by atomic mass is 9.89. The molecule has 1 N–H and O–H groups in total. The van der Waals surface area contributed by atoms with Crippen LogP contribution in [-0.4, -0.2) is 16.3 Å². The molecule has 4 rings (SSSR count). The molecule has 3 atom stereocenters. The summed E-state index contributed by atoms with van der Waals surface area (Å²) in [6.45, 7) is 2.11. The smallest absolute Gasteiger partial charge is 0.0645 e. The Morgan fingerprint density at radius 3 is 2.81 bits per heavy atom. The standard InChI is InChI=1S/C18H23N3/c1-2-4-18(5-3-1)21-13-15(11-20-21)10-19-12-17-9-14-6-7-16(17)8-14/h1-5,11,13-14,16-17,19H,6-10,12H2. The average molecular weight is 281 g/mol. The van der Waals surface area contributed by atoms with E-state index in [1.165, 1.54) is 37.8 Å².